The van der Waals surface area contributed by atoms with Crippen molar-refractivity contribution in [2.45, 2.75) is 70.4 Å². The topological polar surface area (TPSA) is 21.3 Å². The van der Waals surface area contributed by atoms with E-state index < -0.39 is 0 Å². The molecule has 1 aliphatic carbocycles. The van der Waals surface area contributed by atoms with Gasteiger partial charge in [0.05, 0.1) is 0 Å². The molecule has 94 valence electrons. The Morgan fingerprint density at radius 1 is 1.06 bits per heavy atom. The molecule has 0 radical (unpaired) electrons. The molecule has 0 aromatic heterocycles. The van der Waals surface area contributed by atoms with Gasteiger partial charge in [-0.15, -0.1) is 0 Å². The molecule has 1 N–H and O–H groups in total. The van der Waals surface area contributed by atoms with E-state index in [1.165, 1.54) is 51.4 Å². The molecule has 1 atom stereocenters. The molecular weight excluding hydrogens is 198 g/mol. The quantitative estimate of drug-likeness (QED) is 0.794. The summed E-state index contributed by atoms with van der Waals surface area (Å²) in [5.74, 6) is 0.903. The Morgan fingerprint density at radius 3 is 2.44 bits per heavy atom. The van der Waals surface area contributed by atoms with E-state index in [1.54, 1.807) is 0 Å². The molecule has 2 aliphatic rings. The highest BCUT2D eigenvalue weighted by molar-refractivity contribution is 4.77. The van der Waals surface area contributed by atoms with Crippen LogP contribution >= 0.6 is 0 Å². The summed E-state index contributed by atoms with van der Waals surface area (Å²) in [6, 6.07) is 1.51. The van der Waals surface area contributed by atoms with Crippen LogP contribution in [0.5, 0.6) is 0 Å². The Morgan fingerprint density at radius 2 is 1.75 bits per heavy atom. The fourth-order valence-corrected chi connectivity index (χ4v) is 3.22. The molecule has 0 spiro atoms. The zero-order valence-electron chi connectivity index (χ0n) is 10.7. The Kier molecular flexibility index (Phi) is 5.11. The molecule has 16 heavy (non-hydrogen) atoms. The fraction of sp³-hybridized carbons (Fsp3) is 1.00. The first-order valence-corrected chi connectivity index (χ1v) is 7.18. The van der Waals surface area contributed by atoms with Crippen molar-refractivity contribution in [2.75, 3.05) is 13.2 Å². The summed E-state index contributed by atoms with van der Waals surface area (Å²) in [5, 5.41) is 3.83. The second kappa shape index (κ2) is 6.61. The smallest absolute Gasteiger partial charge is 0.0468 e. The number of nitrogens with one attached hydrogen (secondary N) is 1. The average Bonchev–Trinajstić information content (AvgIpc) is 2.31. The summed E-state index contributed by atoms with van der Waals surface area (Å²) < 4.78 is 5.41. The highest BCUT2D eigenvalue weighted by Gasteiger charge is 2.19. The zero-order chi connectivity index (χ0) is 11.2. The van der Waals surface area contributed by atoms with E-state index in [1.807, 2.05) is 0 Å². The van der Waals surface area contributed by atoms with Crippen LogP contribution in [0.25, 0.3) is 0 Å². The number of rotatable bonds is 4. The van der Waals surface area contributed by atoms with Crippen molar-refractivity contribution >= 4 is 0 Å². The van der Waals surface area contributed by atoms with E-state index in [0.717, 1.165) is 25.2 Å². The Balaban J connectivity index is 1.64. The number of hydrogen-bond acceptors (Lipinski definition) is 2. The minimum atomic E-state index is 0.700. The van der Waals surface area contributed by atoms with Crippen LogP contribution in [-0.4, -0.2) is 25.3 Å². The van der Waals surface area contributed by atoms with Gasteiger partial charge in [-0.3, -0.25) is 0 Å². The standard InChI is InChI=1S/C14H27NO/c1-12(11-13-7-9-16-10-8-13)15-14-5-3-2-4-6-14/h12-15H,2-11H2,1H3. The molecular formula is C14H27NO. The molecule has 0 aromatic carbocycles. The molecule has 1 unspecified atom stereocenters. The summed E-state index contributed by atoms with van der Waals surface area (Å²) in [7, 11) is 0. The lowest BCUT2D eigenvalue weighted by atomic mass is 9.91. The first-order chi connectivity index (χ1) is 7.84. The predicted molar refractivity (Wildman–Crippen MR) is 67.6 cm³/mol. The summed E-state index contributed by atoms with van der Waals surface area (Å²) >= 11 is 0. The number of hydrogen-bond donors (Lipinski definition) is 1. The number of ether oxygens (including phenoxy) is 1. The molecule has 1 heterocycles. The second-order valence-corrected chi connectivity index (χ2v) is 5.69. The van der Waals surface area contributed by atoms with E-state index in [-0.39, 0.29) is 0 Å². The van der Waals surface area contributed by atoms with E-state index >= 15 is 0 Å². The molecule has 1 saturated heterocycles. The van der Waals surface area contributed by atoms with Crippen molar-refractivity contribution in [3.8, 4) is 0 Å². The van der Waals surface area contributed by atoms with Gasteiger partial charge >= 0.3 is 0 Å². The van der Waals surface area contributed by atoms with Crippen molar-refractivity contribution in [2.24, 2.45) is 5.92 Å². The third kappa shape index (κ3) is 4.06. The lowest BCUT2D eigenvalue weighted by molar-refractivity contribution is 0.0605. The third-order valence-electron chi connectivity index (χ3n) is 4.15. The van der Waals surface area contributed by atoms with Crippen molar-refractivity contribution in [1.29, 1.82) is 0 Å². The molecule has 0 bridgehead atoms. The zero-order valence-corrected chi connectivity index (χ0v) is 10.7. The second-order valence-electron chi connectivity index (χ2n) is 5.69. The SMILES string of the molecule is CC(CC1CCOCC1)NC1CCCCC1. The molecule has 1 aliphatic heterocycles. The minimum Gasteiger partial charge on any atom is -0.381 e. The van der Waals surface area contributed by atoms with Gasteiger partial charge in [-0.05, 0) is 44.9 Å². The van der Waals surface area contributed by atoms with Crippen LogP contribution in [0.3, 0.4) is 0 Å². The van der Waals surface area contributed by atoms with Gasteiger partial charge in [0, 0.05) is 25.3 Å². The predicted octanol–water partition coefficient (Wildman–Crippen LogP) is 3.11. The van der Waals surface area contributed by atoms with Crippen molar-refractivity contribution in [3.05, 3.63) is 0 Å². The molecule has 2 rings (SSSR count). The van der Waals surface area contributed by atoms with Gasteiger partial charge in [-0.1, -0.05) is 19.3 Å². The van der Waals surface area contributed by atoms with Gasteiger partial charge in [0.1, 0.15) is 0 Å². The Labute approximate surface area is 100 Å². The van der Waals surface area contributed by atoms with E-state index in [0.29, 0.717) is 6.04 Å². The summed E-state index contributed by atoms with van der Waals surface area (Å²) in [4.78, 5) is 0. The molecule has 2 fully saturated rings. The normalized spacial score (nSPS) is 26.8. The van der Waals surface area contributed by atoms with Crippen LogP contribution < -0.4 is 5.32 Å². The highest BCUT2D eigenvalue weighted by atomic mass is 16.5. The van der Waals surface area contributed by atoms with Crippen molar-refractivity contribution in [1.82, 2.24) is 5.32 Å². The summed E-state index contributed by atoms with van der Waals surface area (Å²) in [5.41, 5.74) is 0. The maximum Gasteiger partial charge on any atom is 0.0468 e. The van der Waals surface area contributed by atoms with Gasteiger partial charge in [-0.2, -0.15) is 0 Å². The minimum absolute atomic E-state index is 0.700. The van der Waals surface area contributed by atoms with E-state index in [4.69, 9.17) is 4.74 Å². The largest absolute Gasteiger partial charge is 0.381 e. The van der Waals surface area contributed by atoms with Crippen molar-refractivity contribution in [3.63, 3.8) is 0 Å². The van der Waals surface area contributed by atoms with Crippen molar-refractivity contribution < 1.29 is 4.74 Å². The first kappa shape index (κ1) is 12.4. The maximum atomic E-state index is 5.41. The third-order valence-corrected chi connectivity index (χ3v) is 4.15. The summed E-state index contributed by atoms with van der Waals surface area (Å²) in [6.45, 7) is 4.34. The van der Waals surface area contributed by atoms with Crippen LogP contribution in [0, 0.1) is 5.92 Å². The average molecular weight is 225 g/mol. The maximum absolute atomic E-state index is 5.41. The molecule has 2 nitrogen and oxygen atoms in total. The van der Waals surface area contributed by atoms with Crippen LogP contribution in [0.1, 0.15) is 58.3 Å². The molecule has 0 aromatic rings. The van der Waals surface area contributed by atoms with E-state index in [2.05, 4.69) is 12.2 Å². The van der Waals surface area contributed by atoms with Gasteiger partial charge < -0.3 is 10.1 Å². The van der Waals surface area contributed by atoms with Gasteiger partial charge in [0.15, 0.2) is 0 Å². The van der Waals surface area contributed by atoms with Gasteiger partial charge in [-0.25, -0.2) is 0 Å². The summed E-state index contributed by atoms with van der Waals surface area (Å²) in [6.07, 6.45) is 11.0. The van der Waals surface area contributed by atoms with Gasteiger partial charge in [0.25, 0.3) is 0 Å². The van der Waals surface area contributed by atoms with Crippen LogP contribution in [0.2, 0.25) is 0 Å². The van der Waals surface area contributed by atoms with E-state index in [9.17, 15) is 0 Å². The van der Waals surface area contributed by atoms with Crippen LogP contribution in [-0.2, 0) is 4.74 Å². The molecule has 0 amide bonds. The monoisotopic (exact) mass is 225 g/mol. The van der Waals surface area contributed by atoms with Gasteiger partial charge in [0.2, 0.25) is 0 Å². The van der Waals surface area contributed by atoms with Crippen LogP contribution in [0.4, 0.5) is 0 Å². The lowest BCUT2D eigenvalue weighted by Gasteiger charge is -2.30. The fourth-order valence-electron chi connectivity index (χ4n) is 3.22. The molecule has 1 saturated carbocycles. The Hall–Kier alpha value is -0.0800. The Bertz CT molecular complexity index is 163. The van der Waals surface area contributed by atoms with Crippen LogP contribution in [0.15, 0.2) is 0 Å². The highest BCUT2D eigenvalue weighted by Crippen LogP contribution is 2.22. The first-order valence-electron chi connectivity index (χ1n) is 7.18. The molecule has 2 heteroatoms. The lowest BCUT2D eigenvalue weighted by Crippen LogP contribution is -2.39.